The monoisotopic (exact) mass is 411 g/mol. The Bertz CT molecular complexity index is 901. The van der Waals surface area contributed by atoms with Crippen molar-refractivity contribution in [3.05, 3.63) is 35.9 Å². The van der Waals surface area contributed by atoms with Crippen molar-refractivity contribution in [3.8, 4) is 0 Å². The van der Waals surface area contributed by atoms with Crippen molar-refractivity contribution in [2.75, 3.05) is 38.1 Å². The van der Waals surface area contributed by atoms with Crippen LogP contribution in [0.25, 0.3) is 11.1 Å². The lowest BCUT2D eigenvalue weighted by molar-refractivity contribution is 0.0481. The number of benzene rings is 1. The summed E-state index contributed by atoms with van der Waals surface area (Å²) in [6, 6.07) is 7.15. The van der Waals surface area contributed by atoms with Crippen LogP contribution in [0.15, 0.2) is 34.8 Å². The van der Waals surface area contributed by atoms with E-state index in [1.807, 2.05) is 18.2 Å². The van der Waals surface area contributed by atoms with Crippen LogP contribution in [0.5, 0.6) is 0 Å². The van der Waals surface area contributed by atoms with Crippen molar-refractivity contribution >= 4 is 23.0 Å². The van der Waals surface area contributed by atoms with E-state index in [1.54, 1.807) is 0 Å². The highest BCUT2D eigenvalue weighted by molar-refractivity contribution is 6.04. The van der Waals surface area contributed by atoms with Crippen LogP contribution >= 0.6 is 0 Å². The van der Waals surface area contributed by atoms with E-state index in [1.165, 1.54) is 12.0 Å². The fourth-order valence-corrected chi connectivity index (χ4v) is 4.64. The van der Waals surface area contributed by atoms with E-state index in [2.05, 4.69) is 52.9 Å². The number of hydrogen-bond acceptors (Lipinski definition) is 6. The van der Waals surface area contributed by atoms with E-state index < -0.39 is 0 Å². The molecule has 7 nitrogen and oxygen atoms in total. The van der Waals surface area contributed by atoms with Crippen LogP contribution in [-0.4, -0.2) is 67.1 Å². The Hall–Kier alpha value is -2.38. The van der Waals surface area contributed by atoms with Gasteiger partial charge in [0.25, 0.3) is 11.9 Å². The SMILES string of the molecule is C=C1C2CC(NC(=O)c3cccc4oc(N5CCNCC5)nc34)CC1N2C.CCC. The molecule has 2 aromatic rings. The van der Waals surface area contributed by atoms with E-state index >= 15 is 0 Å². The van der Waals surface area contributed by atoms with Crippen LogP contribution in [0.3, 0.4) is 0 Å². The Balaban J connectivity index is 0.000000687. The van der Waals surface area contributed by atoms with Gasteiger partial charge in [0.1, 0.15) is 5.52 Å². The molecule has 1 amide bonds. The molecule has 0 spiro atoms. The zero-order valence-corrected chi connectivity index (χ0v) is 18.3. The van der Waals surface area contributed by atoms with Gasteiger partial charge in [-0.3, -0.25) is 9.69 Å². The molecule has 2 bridgehead atoms. The van der Waals surface area contributed by atoms with E-state index in [4.69, 9.17) is 4.42 Å². The van der Waals surface area contributed by atoms with Crippen molar-refractivity contribution in [1.82, 2.24) is 20.5 Å². The maximum Gasteiger partial charge on any atom is 0.298 e. The summed E-state index contributed by atoms with van der Waals surface area (Å²) in [4.78, 5) is 22.1. The van der Waals surface area contributed by atoms with Gasteiger partial charge >= 0.3 is 0 Å². The number of fused-ring (bicyclic) bond motifs is 3. The van der Waals surface area contributed by atoms with Crippen LogP contribution in [0.2, 0.25) is 0 Å². The van der Waals surface area contributed by atoms with Crippen LogP contribution in [0, 0.1) is 0 Å². The fourth-order valence-electron chi connectivity index (χ4n) is 4.64. The molecule has 4 heterocycles. The zero-order valence-electron chi connectivity index (χ0n) is 18.3. The number of aromatic nitrogens is 1. The summed E-state index contributed by atoms with van der Waals surface area (Å²) in [5.41, 5.74) is 3.20. The van der Waals surface area contributed by atoms with Crippen molar-refractivity contribution in [1.29, 1.82) is 0 Å². The largest absolute Gasteiger partial charge is 0.423 e. The second-order valence-electron chi connectivity index (χ2n) is 8.51. The highest BCUT2D eigenvalue weighted by Crippen LogP contribution is 2.40. The first-order valence-corrected chi connectivity index (χ1v) is 11.1. The quantitative estimate of drug-likeness (QED) is 0.757. The molecule has 30 heavy (non-hydrogen) atoms. The van der Waals surface area contributed by atoms with E-state index in [0.29, 0.717) is 34.8 Å². The smallest absolute Gasteiger partial charge is 0.298 e. The average Bonchev–Trinajstić information content (AvgIpc) is 3.21. The number of piperazine rings is 1. The number of hydrogen-bond donors (Lipinski definition) is 2. The van der Waals surface area contributed by atoms with Crippen LogP contribution in [0.4, 0.5) is 6.01 Å². The van der Waals surface area contributed by atoms with Crippen molar-refractivity contribution in [2.24, 2.45) is 0 Å². The topological polar surface area (TPSA) is 73.6 Å². The van der Waals surface area contributed by atoms with Gasteiger partial charge in [-0.15, -0.1) is 0 Å². The molecule has 1 aliphatic carbocycles. The average molecular weight is 412 g/mol. The van der Waals surface area contributed by atoms with Crippen molar-refractivity contribution < 1.29 is 9.21 Å². The van der Waals surface area contributed by atoms with Gasteiger partial charge in [0.15, 0.2) is 5.58 Å². The molecule has 1 aromatic carbocycles. The molecule has 3 saturated heterocycles. The Morgan fingerprint density at radius 2 is 1.93 bits per heavy atom. The lowest BCUT2D eigenvalue weighted by atomic mass is 9.74. The van der Waals surface area contributed by atoms with Gasteiger partial charge in [0, 0.05) is 44.3 Å². The number of piperidine rings is 1. The molecule has 1 aromatic heterocycles. The van der Waals surface area contributed by atoms with E-state index in [-0.39, 0.29) is 11.9 Å². The molecule has 2 atom stereocenters. The molecule has 4 aliphatic rings. The maximum atomic E-state index is 12.9. The summed E-state index contributed by atoms with van der Waals surface area (Å²) >= 11 is 0. The molecule has 4 fully saturated rings. The van der Waals surface area contributed by atoms with E-state index in [0.717, 1.165) is 39.0 Å². The van der Waals surface area contributed by atoms with Crippen LogP contribution in [0.1, 0.15) is 43.5 Å². The maximum absolute atomic E-state index is 12.9. The summed E-state index contributed by atoms with van der Waals surface area (Å²) in [7, 11) is 2.13. The van der Waals surface area contributed by atoms with Crippen LogP contribution in [-0.2, 0) is 0 Å². The van der Waals surface area contributed by atoms with Crippen LogP contribution < -0.4 is 15.5 Å². The Morgan fingerprint density at radius 1 is 1.27 bits per heavy atom. The third kappa shape index (κ3) is 3.84. The number of anilines is 1. The van der Waals surface area contributed by atoms with Crippen molar-refractivity contribution in [3.63, 3.8) is 0 Å². The number of rotatable bonds is 3. The van der Waals surface area contributed by atoms with Gasteiger partial charge in [-0.2, -0.15) is 4.98 Å². The Morgan fingerprint density at radius 3 is 2.57 bits per heavy atom. The molecule has 7 heteroatoms. The van der Waals surface area contributed by atoms with E-state index in [9.17, 15) is 4.79 Å². The normalized spacial score (nSPS) is 26.0. The van der Waals surface area contributed by atoms with Gasteiger partial charge < -0.3 is 20.0 Å². The van der Waals surface area contributed by atoms with Gasteiger partial charge in [-0.05, 0) is 37.6 Å². The van der Waals surface area contributed by atoms with Gasteiger partial charge in [0.2, 0.25) is 0 Å². The third-order valence-corrected chi connectivity index (χ3v) is 6.23. The first kappa shape index (κ1) is 20.9. The minimum absolute atomic E-state index is 0.0691. The minimum atomic E-state index is -0.0691. The number of oxazole rings is 1. The number of carbonyl (C=O) groups is 1. The standard InChI is InChI=1S/C20H25N5O2.C3H8/c1-12-15-10-13(11-16(12)24(15)2)22-19(26)14-4-3-5-17-18(14)23-20(27-17)25-8-6-21-7-9-25;1-3-2/h3-5,13,15-16,21H,1,6-11H2,2H3,(H,22,26);3H2,1-2H3. The first-order valence-electron chi connectivity index (χ1n) is 11.1. The predicted octanol–water partition coefficient (Wildman–Crippen LogP) is 2.78. The second-order valence-corrected chi connectivity index (χ2v) is 8.51. The predicted molar refractivity (Wildman–Crippen MR) is 120 cm³/mol. The lowest BCUT2D eigenvalue weighted by Crippen LogP contribution is -2.64. The number of amides is 1. The molecule has 2 unspecified atom stereocenters. The first-order chi connectivity index (χ1) is 14.5. The molecule has 2 N–H and O–H groups in total. The molecular weight excluding hydrogens is 378 g/mol. The second kappa shape index (κ2) is 8.78. The molecule has 0 radical (unpaired) electrons. The fraction of sp³-hybridized carbons (Fsp3) is 0.565. The summed E-state index contributed by atoms with van der Waals surface area (Å²) in [5.74, 6) is -0.0691. The Labute approximate surface area is 178 Å². The molecule has 3 aliphatic heterocycles. The zero-order chi connectivity index (χ0) is 21.3. The highest BCUT2D eigenvalue weighted by Gasteiger charge is 2.46. The number of nitrogens with one attached hydrogen (secondary N) is 2. The number of para-hydroxylation sites is 1. The van der Waals surface area contributed by atoms with Gasteiger partial charge in [-0.25, -0.2) is 0 Å². The molecular formula is C23H33N5O2. The summed E-state index contributed by atoms with van der Waals surface area (Å²) in [6.45, 7) is 12.0. The summed E-state index contributed by atoms with van der Waals surface area (Å²) in [6.07, 6.45) is 3.11. The summed E-state index contributed by atoms with van der Waals surface area (Å²) in [5, 5.41) is 6.53. The van der Waals surface area contributed by atoms with Gasteiger partial charge in [0.05, 0.1) is 5.56 Å². The lowest BCUT2D eigenvalue weighted by Gasteiger charge is -2.55. The third-order valence-electron chi connectivity index (χ3n) is 6.23. The van der Waals surface area contributed by atoms with Crippen molar-refractivity contribution in [2.45, 2.75) is 51.2 Å². The molecule has 1 saturated carbocycles. The number of carbonyl (C=O) groups excluding carboxylic acids is 1. The highest BCUT2D eigenvalue weighted by atomic mass is 16.4. The minimum Gasteiger partial charge on any atom is -0.423 e. The number of nitrogens with zero attached hydrogens (tertiary/aromatic N) is 3. The summed E-state index contributed by atoms with van der Waals surface area (Å²) < 4.78 is 5.93. The Kier molecular flexibility index (Phi) is 6.11. The molecule has 162 valence electrons. The molecule has 6 rings (SSSR count). The van der Waals surface area contributed by atoms with Gasteiger partial charge in [-0.1, -0.05) is 32.9 Å². The number of likely N-dealkylation sites (N-methyl/N-ethyl adjacent to an activating group) is 1.